The summed E-state index contributed by atoms with van der Waals surface area (Å²) in [5.41, 5.74) is 2.33. The van der Waals surface area contributed by atoms with E-state index in [1.807, 2.05) is 30.0 Å². The third kappa shape index (κ3) is 4.16. The maximum Gasteiger partial charge on any atom is 0.319 e. The van der Waals surface area contributed by atoms with E-state index in [4.69, 9.17) is 0 Å². The summed E-state index contributed by atoms with van der Waals surface area (Å²) in [6.07, 6.45) is 1.70. The molecule has 1 aromatic carbocycles. The molecule has 1 aromatic heterocycles. The number of urea groups is 1. The number of carbonyl (C=O) groups excluding carboxylic acids is 2. The molecule has 1 unspecified atom stereocenters. The van der Waals surface area contributed by atoms with E-state index in [1.165, 1.54) is 15.3 Å². The maximum atomic E-state index is 13.2. The topological polar surface area (TPSA) is 43.9 Å². The summed E-state index contributed by atoms with van der Waals surface area (Å²) < 4.78 is 0. The number of carbonyl (C=O) groups is 2. The van der Waals surface area contributed by atoms with Crippen molar-refractivity contribution in [3.63, 3.8) is 0 Å². The van der Waals surface area contributed by atoms with E-state index in [9.17, 15) is 9.59 Å². The standard InChI is InChI=1S/C21H27N3O2S/c1-4-12-23(21(26)22(2)3)15-19(25)24-13-10-18-17(11-14-27-18)20(24)16-8-6-5-7-9-16/h5-9,11,14,20H,4,10,12-13,15H2,1-3H3. The van der Waals surface area contributed by atoms with Crippen LogP contribution in [-0.4, -0.2) is 60.4 Å². The SMILES string of the molecule is CCCN(CC(=O)N1CCc2sccc2C1c1ccccc1)C(=O)N(C)C. The van der Waals surface area contributed by atoms with Gasteiger partial charge in [-0.05, 0) is 35.4 Å². The Morgan fingerprint density at radius 3 is 2.59 bits per heavy atom. The van der Waals surface area contributed by atoms with Gasteiger partial charge in [0.05, 0.1) is 6.04 Å². The molecule has 3 rings (SSSR count). The molecule has 27 heavy (non-hydrogen) atoms. The Hall–Kier alpha value is -2.34. The van der Waals surface area contributed by atoms with Crippen molar-refractivity contribution in [3.8, 4) is 0 Å². The molecule has 6 heteroatoms. The number of fused-ring (bicyclic) bond motifs is 1. The van der Waals surface area contributed by atoms with Gasteiger partial charge in [0.1, 0.15) is 6.54 Å². The number of nitrogens with zero attached hydrogens (tertiary/aromatic N) is 3. The van der Waals surface area contributed by atoms with Gasteiger partial charge in [0.15, 0.2) is 0 Å². The van der Waals surface area contributed by atoms with Crippen molar-refractivity contribution in [2.45, 2.75) is 25.8 Å². The van der Waals surface area contributed by atoms with E-state index in [2.05, 4.69) is 23.6 Å². The van der Waals surface area contributed by atoms with Crippen LogP contribution in [0.3, 0.4) is 0 Å². The minimum absolute atomic E-state index is 0.00403. The summed E-state index contributed by atoms with van der Waals surface area (Å²) in [6, 6.07) is 12.1. The van der Waals surface area contributed by atoms with Crippen molar-refractivity contribution in [1.29, 1.82) is 0 Å². The third-order valence-corrected chi connectivity index (χ3v) is 5.87. The summed E-state index contributed by atoms with van der Waals surface area (Å²) >= 11 is 1.76. The highest BCUT2D eigenvalue weighted by Crippen LogP contribution is 2.37. The minimum Gasteiger partial charge on any atom is -0.331 e. The molecule has 0 fully saturated rings. The van der Waals surface area contributed by atoms with Gasteiger partial charge in [0.25, 0.3) is 0 Å². The maximum absolute atomic E-state index is 13.2. The summed E-state index contributed by atoms with van der Waals surface area (Å²) in [7, 11) is 3.45. The molecule has 1 aliphatic heterocycles. The zero-order chi connectivity index (χ0) is 19.4. The fourth-order valence-corrected chi connectivity index (χ4v) is 4.53. The van der Waals surface area contributed by atoms with Crippen LogP contribution in [0.4, 0.5) is 4.79 Å². The molecule has 1 atom stereocenters. The lowest BCUT2D eigenvalue weighted by molar-refractivity contribution is -0.134. The van der Waals surface area contributed by atoms with Gasteiger partial charge >= 0.3 is 6.03 Å². The molecule has 2 aromatic rings. The van der Waals surface area contributed by atoms with Crippen molar-refractivity contribution in [2.75, 3.05) is 33.7 Å². The third-order valence-electron chi connectivity index (χ3n) is 4.87. The van der Waals surface area contributed by atoms with E-state index in [1.54, 1.807) is 30.3 Å². The molecule has 0 bridgehead atoms. The molecular weight excluding hydrogens is 358 g/mol. The lowest BCUT2D eigenvalue weighted by atomic mass is 9.93. The van der Waals surface area contributed by atoms with Gasteiger partial charge in [-0.3, -0.25) is 4.79 Å². The minimum atomic E-state index is -0.116. The smallest absolute Gasteiger partial charge is 0.319 e. The molecule has 0 aliphatic carbocycles. The van der Waals surface area contributed by atoms with Crippen LogP contribution in [0.5, 0.6) is 0 Å². The second-order valence-corrected chi connectivity index (χ2v) is 8.05. The van der Waals surface area contributed by atoms with E-state index < -0.39 is 0 Å². The molecule has 0 N–H and O–H groups in total. The van der Waals surface area contributed by atoms with Crippen LogP contribution in [0.1, 0.15) is 35.4 Å². The van der Waals surface area contributed by atoms with Gasteiger partial charge in [-0.2, -0.15) is 0 Å². The van der Waals surface area contributed by atoms with E-state index in [-0.39, 0.29) is 24.5 Å². The number of hydrogen-bond donors (Lipinski definition) is 0. The summed E-state index contributed by atoms with van der Waals surface area (Å²) in [5, 5.41) is 2.10. The highest BCUT2D eigenvalue weighted by atomic mass is 32.1. The van der Waals surface area contributed by atoms with Crippen LogP contribution in [-0.2, 0) is 11.2 Å². The Labute approximate surface area is 165 Å². The van der Waals surface area contributed by atoms with Gasteiger partial charge in [0, 0.05) is 32.1 Å². The first-order valence-electron chi connectivity index (χ1n) is 9.39. The molecular formula is C21H27N3O2S. The number of rotatable bonds is 5. The van der Waals surface area contributed by atoms with Crippen LogP contribution in [0.2, 0.25) is 0 Å². The lowest BCUT2D eigenvalue weighted by Gasteiger charge is -2.38. The molecule has 1 aliphatic rings. The Balaban J connectivity index is 1.87. The van der Waals surface area contributed by atoms with Crippen LogP contribution in [0.25, 0.3) is 0 Å². The van der Waals surface area contributed by atoms with Crippen molar-refractivity contribution < 1.29 is 9.59 Å². The first-order valence-corrected chi connectivity index (χ1v) is 10.3. The first-order chi connectivity index (χ1) is 13.0. The molecule has 5 nitrogen and oxygen atoms in total. The zero-order valence-electron chi connectivity index (χ0n) is 16.2. The molecule has 0 saturated carbocycles. The van der Waals surface area contributed by atoms with Crippen molar-refractivity contribution in [2.24, 2.45) is 0 Å². The Morgan fingerprint density at radius 1 is 1.19 bits per heavy atom. The fraction of sp³-hybridized carbons (Fsp3) is 0.429. The average molecular weight is 386 g/mol. The molecule has 0 spiro atoms. The molecule has 0 radical (unpaired) electrons. The normalized spacial score (nSPS) is 16.0. The van der Waals surface area contributed by atoms with Crippen molar-refractivity contribution >= 4 is 23.3 Å². The van der Waals surface area contributed by atoms with Crippen LogP contribution in [0, 0.1) is 0 Å². The predicted molar refractivity (Wildman–Crippen MR) is 109 cm³/mol. The number of thiophene rings is 1. The highest BCUT2D eigenvalue weighted by molar-refractivity contribution is 7.10. The van der Waals surface area contributed by atoms with Crippen LogP contribution < -0.4 is 0 Å². The quantitative estimate of drug-likeness (QED) is 0.789. The summed E-state index contributed by atoms with van der Waals surface area (Å²) in [4.78, 5) is 32.2. The van der Waals surface area contributed by atoms with E-state index in [0.29, 0.717) is 13.1 Å². The number of amides is 3. The van der Waals surface area contributed by atoms with Crippen molar-refractivity contribution in [1.82, 2.24) is 14.7 Å². The zero-order valence-corrected chi connectivity index (χ0v) is 17.0. The second kappa shape index (κ2) is 8.57. The Bertz CT molecular complexity index is 788. The van der Waals surface area contributed by atoms with Crippen LogP contribution in [0.15, 0.2) is 41.8 Å². The van der Waals surface area contributed by atoms with Gasteiger partial charge in [-0.25, -0.2) is 4.79 Å². The average Bonchev–Trinajstić information content (AvgIpc) is 3.15. The fourth-order valence-electron chi connectivity index (χ4n) is 3.63. The number of benzene rings is 1. The molecule has 3 amide bonds. The molecule has 0 saturated heterocycles. The van der Waals surface area contributed by atoms with Gasteiger partial charge in [0.2, 0.25) is 5.91 Å². The summed E-state index contributed by atoms with van der Waals surface area (Å²) in [6.45, 7) is 3.40. The lowest BCUT2D eigenvalue weighted by Crippen LogP contribution is -2.49. The molecule has 144 valence electrons. The number of hydrogen-bond acceptors (Lipinski definition) is 3. The largest absolute Gasteiger partial charge is 0.331 e. The Morgan fingerprint density at radius 2 is 1.93 bits per heavy atom. The monoisotopic (exact) mass is 385 g/mol. The van der Waals surface area contributed by atoms with Crippen LogP contribution >= 0.6 is 11.3 Å². The Kier molecular flexibility index (Phi) is 6.16. The van der Waals surface area contributed by atoms with Gasteiger partial charge in [-0.15, -0.1) is 11.3 Å². The summed E-state index contributed by atoms with van der Waals surface area (Å²) in [5.74, 6) is 0.00403. The van der Waals surface area contributed by atoms with Crippen molar-refractivity contribution in [3.05, 3.63) is 57.8 Å². The molecule has 2 heterocycles. The van der Waals surface area contributed by atoms with E-state index >= 15 is 0 Å². The van der Waals surface area contributed by atoms with Gasteiger partial charge in [-0.1, -0.05) is 37.3 Å². The van der Waals surface area contributed by atoms with Gasteiger partial charge < -0.3 is 14.7 Å². The predicted octanol–water partition coefficient (Wildman–Crippen LogP) is 3.62. The first kappa shape index (κ1) is 19.4. The second-order valence-electron chi connectivity index (χ2n) is 7.05. The van der Waals surface area contributed by atoms with E-state index in [0.717, 1.165) is 18.4 Å². The highest BCUT2D eigenvalue weighted by Gasteiger charge is 2.33.